The van der Waals surface area contributed by atoms with Crippen LogP contribution in [-0.4, -0.2) is 32.3 Å². The summed E-state index contributed by atoms with van der Waals surface area (Å²) in [6.45, 7) is 5.12. The minimum atomic E-state index is -0.530. The van der Waals surface area contributed by atoms with Crippen LogP contribution in [-0.2, 0) is 9.53 Å². The van der Waals surface area contributed by atoms with Gasteiger partial charge in [-0.2, -0.15) is 0 Å². The van der Waals surface area contributed by atoms with Crippen LogP contribution in [0, 0.1) is 0 Å². The van der Waals surface area contributed by atoms with Crippen LogP contribution < -0.4 is 14.8 Å². The third-order valence-electron chi connectivity index (χ3n) is 3.45. The molecule has 116 valence electrons. The van der Waals surface area contributed by atoms with Gasteiger partial charge in [-0.15, -0.1) is 0 Å². The lowest BCUT2D eigenvalue weighted by Crippen LogP contribution is -2.35. The number of fused-ring (bicyclic) bond motifs is 1. The fraction of sp³-hybridized carbons (Fsp3) is 0.533. The van der Waals surface area contributed by atoms with Crippen LogP contribution in [0.1, 0.15) is 31.9 Å². The summed E-state index contributed by atoms with van der Waals surface area (Å²) in [6.07, 6.45) is 0.916. The van der Waals surface area contributed by atoms with E-state index < -0.39 is 6.04 Å². The molecular weight excluding hydrogens is 338 g/mol. The molecule has 1 aromatic rings. The minimum absolute atomic E-state index is 0.195. The van der Waals surface area contributed by atoms with Gasteiger partial charge in [0.05, 0.1) is 11.6 Å². The molecule has 0 amide bonds. The van der Waals surface area contributed by atoms with E-state index in [1.165, 1.54) is 7.11 Å². The smallest absolute Gasteiger partial charge is 0.327 e. The highest BCUT2D eigenvalue weighted by Crippen LogP contribution is 2.40. The van der Waals surface area contributed by atoms with Gasteiger partial charge >= 0.3 is 5.97 Å². The Bertz CT molecular complexity index is 521. The number of benzene rings is 1. The van der Waals surface area contributed by atoms with Crippen molar-refractivity contribution in [3.05, 3.63) is 22.2 Å². The molecule has 0 spiro atoms. The van der Waals surface area contributed by atoms with Crippen molar-refractivity contribution in [2.45, 2.75) is 32.4 Å². The molecule has 6 heteroatoms. The number of carbonyl (C=O) groups excluding carboxylic acids is 1. The first-order valence-corrected chi connectivity index (χ1v) is 7.79. The zero-order chi connectivity index (χ0) is 15.4. The summed E-state index contributed by atoms with van der Waals surface area (Å²) in [5, 5.41) is 3.28. The zero-order valence-corrected chi connectivity index (χ0v) is 14.0. The van der Waals surface area contributed by atoms with Crippen LogP contribution in [0.25, 0.3) is 0 Å². The molecule has 2 unspecified atom stereocenters. The molecule has 21 heavy (non-hydrogen) atoms. The first kappa shape index (κ1) is 16.1. The first-order chi connectivity index (χ1) is 10.1. The quantitative estimate of drug-likeness (QED) is 0.821. The van der Waals surface area contributed by atoms with E-state index in [4.69, 9.17) is 14.2 Å². The first-order valence-electron chi connectivity index (χ1n) is 6.99. The topological polar surface area (TPSA) is 56.8 Å². The van der Waals surface area contributed by atoms with Gasteiger partial charge in [-0.25, -0.2) is 4.79 Å². The summed E-state index contributed by atoms with van der Waals surface area (Å²) in [7, 11) is 1.39. The van der Waals surface area contributed by atoms with Gasteiger partial charge in [0, 0.05) is 6.04 Å². The van der Waals surface area contributed by atoms with Gasteiger partial charge in [-0.05, 0) is 47.0 Å². The SMILES string of the molecule is CCC(C)NC(C(=O)OC)c1cc(Br)c2c(c1)OCCO2. The molecule has 1 aliphatic heterocycles. The Morgan fingerprint density at radius 1 is 1.43 bits per heavy atom. The Labute approximate surface area is 133 Å². The van der Waals surface area contributed by atoms with Crippen molar-refractivity contribution in [1.29, 1.82) is 0 Å². The molecule has 5 nitrogen and oxygen atoms in total. The summed E-state index contributed by atoms with van der Waals surface area (Å²) in [5.41, 5.74) is 0.790. The van der Waals surface area contributed by atoms with E-state index in [0.717, 1.165) is 16.5 Å². The predicted octanol–water partition coefficient (Wildman–Crippen LogP) is 2.82. The molecule has 0 saturated carbocycles. The van der Waals surface area contributed by atoms with Gasteiger partial charge in [0.15, 0.2) is 11.5 Å². The third-order valence-corrected chi connectivity index (χ3v) is 4.04. The molecule has 1 aliphatic rings. The lowest BCUT2D eigenvalue weighted by Gasteiger charge is -2.24. The number of hydrogen-bond acceptors (Lipinski definition) is 5. The Kier molecular flexibility index (Phi) is 5.47. The van der Waals surface area contributed by atoms with Gasteiger partial charge in [-0.3, -0.25) is 5.32 Å². The second-order valence-corrected chi connectivity index (χ2v) is 5.81. The largest absolute Gasteiger partial charge is 0.486 e. The number of carbonyl (C=O) groups is 1. The highest BCUT2D eigenvalue weighted by atomic mass is 79.9. The molecule has 0 bridgehead atoms. The maximum Gasteiger partial charge on any atom is 0.327 e. The van der Waals surface area contributed by atoms with E-state index in [-0.39, 0.29) is 12.0 Å². The molecule has 2 rings (SSSR count). The van der Waals surface area contributed by atoms with Crippen LogP contribution in [0.3, 0.4) is 0 Å². The summed E-state index contributed by atoms with van der Waals surface area (Å²) >= 11 is 3.47. The number of nitrogens with one attached hydrogen (secondary N) is 1. The van der Waals surface area contributed by atoms with Crippen molar-refractivity contribution >= 4 is 21.9 Å². The third kappa shape index (κ3) is 3.68. The molecule has 2 atom stereocenters. The van der Waals surface area contributed by atoms with Crippen molar-refractivity contribution in [3.63, 3.8) is 0 Å². The molecule has 1 heterocycles. The van der Waals surface area contributed by atoms with Gasteiger partial charge in [0.25, 0.3) is 0 Å². The van der Waals surface area contributed by atoms with Gasteiger partial charge in [-0.1, -0.05) is 6.92 Å². The summed E-state index contributed by atoms with van der Waals surface area (Å²) in [4.78, 5) is 12.1. The Hall–Kier alpha value is -1.27. The summed E-state index contributed by atoms with van der Waals surface area (Å²) in [5.74, 6) is 1.00. The summed E-state index contributed by atoms with van der Waals surface area (Å²) in [6, 6.07) is 3.36. The Morgan fingerprint density at radius 3 is 2.81 bits per heavy atom. The average molecular weight is 358 g/mol. The average Bonchev–Trinajstić information content (AvgIpc) is 2.51. The fourth-order valence-electron chi connectivity index (χ4n) is 2.12. The van der Waals surface area contributed by atoms with Gasteiger partial charge in [0.1, 0.15) is 19.3 Å². The second kappa shape index (κ2) is 7.13. The van der Waals surface area contributed by atoms with Crippen LogP contribution in [0.2, 0.25) is 0 Å². The molecule has 0 radical (unpaired) electrons. The molecule has 1 aromatic carbocycles. The Morgan fingerprint density at radius 2 is 2.14 bits per heavy atom. The molecule has 1 N–H and O–H groups in total. The fourth-order valence-corrected chi connectivity index (χ4v) is 2.69. The van der Waals surface area contributed by atoms with Crippen LogP contribution in [0.15, 0.2) is 16.6 Å². The number of methoxy groups -OCH3 is 1. The number of esters is 1. The van der Waals surface area contributed by atoms with Crippen molar-refractivity contribution in [3.8, 4) is 11.5 Å². The molecule has 0 saturated heterocycles. The normalized spacial score (nSPS) is 16.2. The monoisotopic (exact) mass is 357 g/mol. The molecule has 0 aromatic heterocycles. The van der Waals surface area contributed by atoms with Crippen molar-refractivity contribution in [1.82, 2.24) is 5.32 Å². The van der Waals surface area contributed by atoms with Gasteiger partial charge < -0.3 is 14.2 Å². The van der Waals surface area contributed by atoms with Crippen molar-refractivity contribution < 1.29 is 19.0 Å². The number of halogens is 1. The van der Waals surface area contributed by atoms with Crippen LogP contribution in [0.4, 0.5) is 0 Å². The van der Waals surface area contributed by atoms with E-state index in [1.807, 2.05) is 19.1 Å². The standard InChI is InChI=1S/C15H20BrNO4/c1-4-9(2)17-13(15(18)19-3)10-7-11(16)14-12(8-10)20-5-6-21-14/h7-9,13,17H,4-6H2,1-3H3. The Balaban J connectivity index is 2.35. The van der Waals surface area contributed by atoms with Crippen molar-refractivity contribution in [2.75, 3.05) is 20.3 Å². The van der Waals surface area contributed by atoms with E-state index in [9.17, 15) is 4.79 Å². The highest BCUT2D eigenvalue weighted by molar-refractivity contribution is 9.10. The van der Waals surface area contributed by atoms with Crippen LogP contribution in [0.5, 0.6) is 11.5 Å². The van der Waals surface area contributed by atoms with Crippen LogP contribution >= 0.6 is 15.9 Å². The molecule has 0 aliphatic carbocycles. The maximum absolute atomic E-state index is 12.1. The van der Waals surface area contributed by atoms with Gasteiger partial charge in [0.2, 0.25) is 0 Å². The lowest BCUT2D eigenvalue weighted by molar-refractivity contribution is -0.143. The maximum atomic E-state index is 12.1. The van der Waals surface area contributed by atoms with Crippen molar-refractivity contribution in [2.24, 2.45) is 0 Å². The molecular formula is C15H20BrNO4. The second-order valence-electron chi connectivity index (χ2n) is 4.96. The zero-order valence-electron chi connectivity index (χ0n) is 12.4. The minimum Gasteiger partial charge on any atom is -0.486 e. The number of ether oxygens (including phenoxy) is 3. The summed E-state index contributed by atoms with van der Waals surface area (Å²) < 4.78 is 16.9. The predicted molar refractivity (Wildman–Crippen MR) is 82.8 cm³/mol. The highest BCUT2D eigenvalue weighted by Gasteiger charge is 2.26. The molecule has 0 fully saturated rings. The van der Waals surface area contributed by atoms with E-state index >= 15 is 0 Å². The number of rotatable bonds is 5. The van der Waals surface area contributed by atoms with E-state index in [0.29, 0.717) is 24.7 Å². The lowest BCUT2D eigenvalue weighted by atomic mass is 10.0. The van der Waals surface area contributed by atoms with E-state index in [1.54, 1.807) is 0 Å². The van der Waals surface area contributed by atoms with E-state index in [2.05, 4.69) is 28.2 Å². The number of hydrogen-bond donors (Lipinski definition) is 1.